The van der Waals surface area contributed by atoms with Crippen LogP contribution in [0.1, 0.15) is 51.4 Å². The molecule has 1 N–H and O–H groups in total. The molecule has 0 aliphatic carbocycles. The van der Waals surface area contributed by atoms with Gasteiger partial charge in [-0.3, -0.25) is 9.48 Å². The number of carbonyl (C=O) groups excluding carboxylic acids is 1. The van der Waals surface area contributed by atoms with Gasteiger partial charge in [-0.2, -0.15) is 5.10 Å². The number of likely N-dealkylation sites (tertiary alicyclic amines) is 1. The fourth-order valence-corrected chi connectivity index (χ4v) is 3.82. The second-order valence-electron chi connectivity index (χ2n) is 9.24. The molecule has 8 heteroatoms. The molecule has 1 aliphatic rings. The summed E-state index contributed by atoms with van der Waals surface area (Å²) in [6.45, 7) is 11.8. The van der Waals surface area contributed by atoms with E-state index in [1.54, 1.807) is 17.8 Å². The fraction of sp³-hybridized carbons (Fsp3) is 0.667. The number of carbonyl (C=O) groups is 1. The van der Waals surface area contributed by atoms with Crippen molar-refractivity contribution in [2.45, 2.75) is 59.4 Å². The van der Waals surface area contributed by atoms with Crippen molar-refractivity contribution in [1.82, 2.24) is 25.2 Å². The SMILES string of the molecule is Cc1cc(-c2nn(C)c(Cl)c2CC(=O)NC2CCN(CCC(C)(C)C)CC2)no1. The zero-order valence-electron chi connectivity index (χ0n) is 18.1. The van der Waals surface area contributed by atoms with Crippen molar-refractivity contribution >= 4 is 17.5 Å². The first-order valence-corrected chi connectivity index (χ1v) is 10.7. The summed E-state index contributed by atoms with van der Waals surface area (Å²) in [7, 11) is 1.76. The summed E-state index contributed by atoms with van der Waals surface area (Å²) in [5.74, 6) is 0.657. The Labute approximate surface area is 177 Å². The molecular formula is C21H32ClN5O2. The van der Waals surface area contributed by atoms with Crippen molar-refractivity contribution in [3.63, 3.8) is 0 Å². The van der Waals surface area contributed by atoms with Gasteiger partial charge >= 0.3 is 0 Å². The number of aryl methyl sites for hydroxylation is 2. The maximum absolute atomic E-state index is 12.7. The lowest BCUT2D eigenvalue weighted by atomic mass is 9.91. The van der Waals surface area contributed by atoms with Crippen LogP contribution in [-0.2, 0) is 18.3 Å². The Morgan fingerprint density at radius 2 is 2.03 bits per heavy atom. The molecule has 3 rings (SSSR count). The van der Waals surface area contributed by atoms with Gasteiger partial charge in [-0.25, -0.2) is 0 Å². The Morgan fingerprint density at radius 1 is 1.34 bits per heavy atom. The van der Waals surface area contributed by atoms with Crippen molar-refractivity contribution < 1.29 is 9.32 Å². The first-order chi connectivity index (χ1) is 13.6. The number of hydrogen-bond donors (Lipinski definition) is 1. The molecule has 0 radical (unpaired) electrons. The Kier molecular flexibility index (Phi) is 6.69. The van der Waals surface area contributed by atoms with E-state index in [9.17, 15) is 4.79 Å². The van der Waals surface area contributed by atoms with Crippen LogP contribution in [0.4, 0.5) is 0 Å². The molecule has 29 heavy (non-hydrogen) atoms. The summed E-state index contributed by atoms with van der Waals surface area (Å²) in [4.78, 5) is 15.2. The quantitative estimate of drug-likeness (QED) is 0.771. The first kappa shape index (κ1) is 21.8. The minimum atomic E-state index is -0.0329. The van der Waals surface area contributed by atoms with E-state index < -0.39 is 0 Å². The molecule has 1 aliphatic heterocycles. The van der Waals surface area contributed by atoms with Crippen molar-refractivity contribution in [3.8, 4) is 11.4 Å². The Bertz CT molecular complexity index is 844. The summed E-state index contributed by atoms with van der Waals surface area (Å²) in [6, 6.07) is 2.01. The van der Waals surface area contributed by atoms with Crippen molar-refractivity contribution in [1.29, 1.82) is 0 Å². The molecule has 1 fully saturated rings. The average molecular weight is 422 g/mol. The van der Waals surface area contributed by atoms with Crippen LogP contribution in [0, 0.1) is 12.3 Å². The van der Waals surface area contributed by atoms with Crippen molar-refractivity contribution in [2.24, 2.45) is 12.5 Å². The first-order valence-electron chi connectivity index (χ1n) is 10.3. The van der Waals surface area contributed by atoms with Crippen LogP contribution in [0.15, 0.2) is 10.6 Å². The predicted molar refractivity (Wildman–Crippen MR) is 114 cm³/mol. The van der Waals surface area contributed by atoms with E-state index in [0.717, 1.165) is 32.5 Å². The minimum absolute atomic E-state index is 0.0329. The van der Waals surface area contributed by atoms with Gasteiger partial charge in [-0.15, -0.1) is 0 Å². The van der Waals surface area contributed by atoms with Gasteiger partial charge in [-0.05, 0) is 38.1 Å². The molecule has 3 heterocycles. The van der Waals surface area contributed by atoms with E-state index in [-0.39, 0.29) is 18.4 Å². The Hall–Kier alpha value is -1.86. The van der Waals surface area contributed by atoms with Crippen LogP contribution in [0.3, 0.4) is 0 Å². The molecule has 0 saturated carbocycles. The number of piperidine rings is 1. The van der Waals surface area contributed by atoms with Gasteiger partial charge in [0, 0.05) is 37.8 Å². The van der Waals surface area contributed by atoms with Crippen molar-refractivity contribution in [3.05, 3.63) is 22.5 Å². The molecule has 0 spiro atoms. The third-order valence-corrected chi connectivity index (χ3v) is 5.88. The lowest BCUT2D eigenvalue weighted by molar-refractivity contribution is -0.121. The topological polar surface area (TPSA) is 76.2 Å². The predicted octanol–water partition coefficient (Wildman–Crippen LogP) is 3.60. The summed E-state index contributed by atoms with van der Waals surface area (Å²) in [5, 5.41) is 12.1. The van der Waals surface area contributed by atoms with Crippen LogP contribution in [0.5, 0.6) is 0 Å². The van der Waals surface area contributed by atoms with Crippen molar-refractivity contribution in [2.75, 3.05) is 19.6 Å². The highest BCUT2D eigenvalue weighted by Gasteiger charge is 2.25. The monoisotopic (exact) mass is 421 g/mol. The van der Waals surface area contributed by atoms with Gasteiger partial charge in [0.05, 0.1) is 6.42 Å². The molecule has 0 atom stereocenters. The highest BCUT2D eigenvalue weighted by atomic mass is 35.5. The van der Waals surface area contributed by atoms with E-state index in [1.165, 1.54) is 6.42 Å². The maximum Gasteiger partial charge on any atom is 0.224 e. The number of halogens is 1. The van der Waals surface area contributed by atoms with Crippen LogP contribution in [-0.4, -0.2) is 51.4 Å². The zero-order valence-corrected chi connectivity index (χ0v) is 18.8. The highest BCUT2D eigenvalue weighted by molar-refractivity contribution is 6.31. The molecule has 0 unspecified atom stereocenters. The van der Waals surface area contributed by atoms with Gasteiger partial charge < -0.3 is 14.7 Å². The number of nitrogens with zero attached hydrogens (tertiary/aromatic N) is 4. The summed E-state index contributed by atoms with van der Waals surface area (Å²) >= 11 is 6.40. The molecule has 1 amide bonds. The lowest BCUT2D eigenvalue weighted by Gasteiger charge is -2.34. The normalized spacial score (nSPS) is 16.3. The molecular weight excluding hydrogens is 390 g/mol. The van der Waals surface area contributed by atoms with Gasteiger partial charge in [0.15, 0.2) is 0 Å². The largest absolute Gasteiger partial charge is 0.361 e. The van der Waals surface area contributed by atoms with Gasteiger partial charge in [0.2, 0.25) is 5.91 Å². The molecule has 2 aromatic rings. The van der Waals surface area contributed by atoms with Gasteiger partial charge in [-0.1, -0.05) is 37.5 Å². The number of aromatic nitrogens is 3. The van der Waals surface area contributed by atoms with E-state index in [1.807, 2.05) is 6.92 Å². The van der Waals surface area contributed by atoms with Crippen LogP contribution < -0.4 is 5.32 Å². The van der Waals surface area contributed by atoms with E-state index >= 15 is 0 Å². The Balaban J connectivity index is 1.56. The standard InChI is InChI=1S/C21H32ClN5O2/c1-14-12-17(25-29-14)19-16(20(22)26(5)24-19)13-18(28)23-15-6-9-27(10-7-15)11-8-21(2,3)4/h12,15H,6-11,13H2,1-5H3,(H,23,28). The number of rotatable bonds is 6. The number of hydrogen-bond acceptors (Lipinski definition) is 5. The number of amides is 1. The van der Waals surface area contributed by atoms with Gasteiger partial charge in [0.1, 0.15) is 22.3 Å². The van der Waals surface area contributed by atoms with Gasteiger partial charge in [0.25, 0.3) is 0 Å². The molecule has 7 nitrogen and oxygen atoms in total. The summed E-state index contributed by atoms with van der Waals surface area (Å²) in [5.41, 5.74) is 2.23. The molecule has 0 bridgehead atoms. The Morgan fingerprint density at radius 3 is 2.62 bits per heavy atom. The number of nitrogens with one attached hydrogen (secondary N) is 1. The second kappa shape index (κ2) is 8.88. The van der Waals surface area contributed by atoms with Crippen LogP contribution >= 0.6 is 11.6 Å². The van der Waals surface area contributed by atoms with E-state index in [2.05, 4.69) is 41.2 Å². The van der Waals surface area contributed by atoms with Crippen LogP contribution in [0.2, 0.25) is 5.15 Å². The molecule has 0 aromatic carbocycles. The third kappa shape index (κ3) is 5.82. The smallest absolute Gasteiger partial charge is 0.224 e. The fourth-order valence-electron chi connectivity index (χ4n) is 3.62. The minimum Gasteiger partial charge on any atom is -0.361 e. The lowest BCUT2D eigenvalue weighted by Crippen LogP contribution is -2.45. The molecule has 1 saturated heterocycles. The summed E-state index contributed by atoms with van der Waals surface area (Å²) in [6.07, 6.45) is 3.32. The van der Waals surface area contributed by atoms with Crippen LogP contribution in [0.25, 0.3) is 11.4 Å². The maximum atomic E-state index is 12.7. The average Bonchev–Trinajstić information content (AvgIpc) is 3.19. The highest BCUT2D eigenvalue weighted by Crippen LogP contribution is 2.28. The zero-order chi connectivity index (χ0) is 21.2. The molecule has 160 valence electrons. The second-order valence-corrected chi connectivity index (χ2v) is 9.59. The van der Waals surface area contributed by atoms with E-state index in [0.29, 0.717) is 33.3 Å². The molecule has 2 aromatic heterocycles. The third-order valence-electron chi connectivity index (χ3n) is 5.41. The summed E-state index contributed by atoms with van der Waals surface area (Å²) < 4.78 is 6.72. The van der Waals surface area contributed by atoms with E-state index in [4.69, 9.17) is 16.1 Å².